The molecular weight excluding hydrogens is 434 g/mol. The number of rotatable bonds is 6. The van der Waals surface area contributed by atoms with Crippen molar-refractivity contribution in [2.45, 2.75) is 32.0 Å². The van der Waals surface area contributed by atoms with Crippen LogP contribution in [0.15, 0.2) is 100.0 Å². The van der Waals surface area contributed by atoms with E-state index in [1.54, 1.807) is 0 Å². The lowest BCUT2D eigenvalue weighted by molar-refractivity contribution is 0.507. The van der Waals surface area contributed by atoms with E-state index in [2.05, 4.69) is 82.8 Å². The third-order valence-corrected chi connectivity index (χ3v) is 6.34. The van der Waals surface area contributed by atoms with Crippen LogP contribution in [-0.4, -0.2) is 11.9 Å². The first-order valence-corrected chi connectivity index (χ1v) is 11.1. The van der Waals surface area contributed by atoms with Crippen LogP contribution in [-0.2, 0) is 0 Å². The number of nitrogens with zero attached hydrogens (tertiary/aromatic N) is 1. The quantitative estimate of drug-likeness (QED) is 0.337. The first-order chi connectivity index (χ1) is 14.6. The van der Waals surface area contributed by atoms with Gasteiger partial charge >= 0.3 is 0 Å². The van der Waals surface area contributed by atoms with Crippen LogP contribution in [0.3, 0.4) is 0 Å². The summed E-state index contributed by atoms with van der Waals surface area (Å²) in [6, 6.07) is 22.7. The summed E-state index contributed by atoms with van der Waals surface area (Å²) in [6.07, 6.45) is 8.64. The van der Waals surface area contributed by atoms with E-state index in [1.165, 1.54) is 16.3 Å². The van der Waals surface area contributed by atoms with E-state index in [0.29, 0.717) is 5.84 Å². The zero-order valence-electron chi connectivity index (χ0n) is 17.1. The SMILES string of the molecule is CC(NC(N=C(N)c1ccccc1)c1ccc2ccccc2c1Br)C1=CCCC=C1. The molecule has 30 heavy (non-hydrogen) atoms. The minimum absolute atomic E-state index is 0.150. The van der Waals surface area contributed by atoms with E-state index in [0.717, 1.165) is 28.4 Å². The second-order valence-electron chi connectivity index (χ2n) is 7.55. The van der Waals surface area contributed by atoms with E-state index in [1.807, 2.05) is 30.3 Å². The first-order valence-electron chi connectivity index (χ1n) is 10.3. The number of nitrogens with one attached hydrogen (secondary N) is 1. The molecule has 4 rings (SSSR count). The van der Waals surface area contributed by atoms with Crippen LogP contribution in [0.1, 0.15) is 37.1 Å². The van der Waals surface area contributed by atoms with Gasteiger partial charge in [0.25, 0.3) is 0 Å². The molecular formula is C26H26BrN3. The standard InChI is InChI=1S/C26H26BrN3/c1-18(19-10-4-2-5-11-19)29-26(30-25(28)21-13-6-3-7-14-21)23-17-16-20-12-8-9-15-22(20)24(23)27/h3-4,6-18,26,29H,2,5H2,1H3,(H2,28,30). The molecule has 0 fully saturated rings. The van der Waals surface area contributed by atoms with Crippen LogP contribution in [0.25, 0.3) is 10.8 Å². The molecule has 3 N–H and O–H groups in total. The molecule has 0 bridgehead atoms. The van der Waals surface area contributed by atoms with E-state index in [9.17, 15) is 0 Å². The first kappa shape index (κ1) is 20.6. The molecule has 3 aromatic rings. The number of aliphatic imine (C=N–C) groups is 1. The average molecular weight is 460 g/mol. The maximum Gasteiger partial charge on any atom is 0.129 e. The van der Waals surface area contributed by atoms with Gasteiger partial charge in [0.05, 0.1) is 0 Å². The Kier molecular flexibility index (Phi) is 6.46. The Labute approximate surface area is 186 Å². The number of halogens is 1. The van der Waals surface area contributed by atoms with E-state index in [4.69, 9.17) is 10.7 Å². The minimum Gasteiger partial charge on any atom is -0.383 e. The third kappa shape index (κ3) is 4.55. The summed E-state index contributed by atoms with van der Waals surface area (Å²) in [5.74, 6) is 0.522. The second-order valence-corrected chi connectivity index (χ2v) is 8.34. The fourth-order valence-corrected chi connectivity index (χ4v) is 4.48. The van der Waals surface area contributed by atoms with E-state index < -0.39 is 0 Å². The molecule has 2 atom stereocenters. The van der Waals surface area contributed by atoms with Gasteiger partial charge in [-0.15, -0.1) is 0 Å². The molecule has 4 heteroatoms. The largest absolute Gasteiger partial charge is 0.383 e. The van der Waals surface area contributed by atoms with Crippen molar-refractivity contribution in [3.05, 3.63) is 106 Å². The van der Waals surface area contributed by atoms with Crippen LogP contribution in [0.2, 0.25) is 0 Å². The summed E-state index contributed by atoms with van der Waals surface area (Å²) in [7, 11) is 0. The predicted octanol–water partition coefficient (Wildman–Crippen LogP) is 6.26. The maximum atomic E-state index is 6.42. The number of hydrogen-bond acceptors (Lipinski definition) is 2. The average Bonchev–Trinajstić information content (AvgIpc) is 2.80. The molecule has 0 saturated heterocycles. The molecule has 152 valence electrons. The van der Waals surface area contributed by atoms with Gasteiger partial charge < -0.3 is 5.73 Å². The molecule has 0 amide bonds. The second kappa shape index (κ2) is 9.41. The van der Waals surface area contributed by atoms with Gasteiger partial charge in [0.2, 0.25) is 0 Å². The Hall–Kier alpha value is -2.69. The zero-order chi connectivity index (χ0) is 20.9. The van der Waals surface area contributed by atoms with Crippen molar-refractivity contribution in [1.82, 2.24) is 5.32 Å². The summed E-state index contributed by atoms with van der Waals surface area (Å²) < 4.78 is 1.04. The smallest absolute Gasteiger partial charge is 0.129 e. The third-order valence-electron chi connectivity index (χ3n) is 5.46. The fraction of sp³-hybridized carbons (Fsp3) is 0.192. The number of nitrogens with two attached hydrogens (primary N) is 1. The predicted molar refractivity (Wildman–Crippen MR) is 131 cm³/mol. The summed E-state index contributed by atoms with van der Waals surface area (Å²) in [5, 5.41) is 6.05. The fourth-order valence-electron chi connectivity index (χ4n) is 3.77. The highest BCUT2D eigenvalue weighted by Crippen LogP contribution is 2.33. The van der Waals surface area contributed by atoms with E-state index >= 15 is 0 Å². The topological polar surface area (TPSA) is 50.4 Å². The van der Waals surface area contributed by atoms with Gasteiger partial charge in [0.15, 0.2) is 0 Å². The van der Waals surface area contributed by atoms with Crippen LogP contribution in [0.5, 0.6) is 0 Å². The van der Waals surface area contributed by atoms with Gasteiger partial charge in [-0.1, -0.05) is 85.0 Å². The highest BCUT2D eigenvalue weighted by Gasteiger charge is 2.20. The monoisotopic (exact) mass is 459 g/mol. The molecule has 0 saturated carbocycles. The maximum absolute atomic E-state index is 6.42. The number of benzene rings is 3. The van der Waals surface area contributed by atoms with Gasteiger partial charge in [-0.05, 0) is 52.0 Å². The Balaban J connectivity index is 1.74. The number of hydrogen-bond donors (Lipinski definition) is 2. The van der Waals surface area contributed by atoms with Crippen molar-refractivity contribution in [3.8, 4) is 0 Å². The molecule has 3 nitrogen and oxygen atoms in total. The van der Waals surface area contributed by atoms with Crippen molar-refractivity contribution in [3.63, 3.8) is 0 Å². The normalized spacial score (nSPS) is 16.3. The Morgan fingerprint density at radius 1 is 1.00 bits per heavy atom. The number of amidine groups is 1. The highest BCUT2D eigenvalue weighted by atomic mass is 79.9. The summed E-state index contributed by atoms with van der Waals surface area (Å²) in [5.41, 5.74) is 9.70. The minimum atomic E-state index is -0.282. The molecule has 0 radical (unpaired) electrons. The molecule has 0 aromatic heterocycles. The summed E-state index contributed by atoms with van der Waals surface area (Å²) >= 11 is 3.84. The molecule has 1 aliphatic carbocycles. The number of allylic oxidation sites excluding steroid dienone is 2. The molecule has 2 unspecified atom stereocenters. The van der Waals surface area contributed by atoms with Crippen molar-refractivity contribution in [2.24, 2.45) is 10.7 Å². The van der Waals surface area contributed by atoms with Gasteiger partial charge in [-0.2, -0.15) is 0 Å². The van der Waals surface area contributed by atoms with Crippen molar-refractivity contribution < 1.29 is 0 Å². The molecule has 0 aliphatic heterocycles. The highest BCUT2D eigenvalue weighted by molar-refractivity contribution is 9.10. The van der Waals surface area contributed by atoms with Crippen molar-refractivity contribution in [2.75, 3.05) is 0 Å². The molecule has 1 aliphatic rings. The lowest BCUT2D eigenvalue weighted by Gasteiger charge is -2.24. The lowest BCUT2D eigenvalue weighted by Crippen LogP contribution is -2.33. The van der Waals surface area contributed by atoms with Gasteiger partial charge in [0.1, 0.15) is 12.0 Å². The van der Waals surface area contributed by atoms with Gasteiger partial charge in [0, 0.05) is 21.6 Å². The van der Waals surface area contributed by atoms with Crippen LogP contribution in [0.4, 0.5) is 0 Å². The van der Waals surface area contributed by atoms with Crippen LogP contribution < -0.4 is 11.1 Å². The molecule has 3 aromatic carbocycles. The number of fused-ring (bicyclic) bond motifs is 1. The Bertz CT molecular complexity index is 1120. The Morgan fingerprint density at radius 2 is 1.77 bits per heavy atom. The molecule has 0 heterocycles. The zero-order valence-corrected chi connectivity index (χ0v) is 18.6. The van der Waals surface area contributed by atoms with Crippen LogP contribution in [0, 0.1) is 0 Å². The van der Waals surface area contributed by atoms with Crippen molar-refractivity contribution >= 4 is 32.5 Å². The lowest BCUT2D eigenvalue weighted by atomic mass is 10.00. The van der Waals surface area contributed by atoms with Crippen molar-refractivity contribution in [1.29, 1.82) is 0 Å². The van der Waals surface area contributed by atoms with Gasteiger partial charge in [-0.3, -0.25) is 5.32 Å². The van der Waals surface area contributed by atoms with Gasteiger partial charge in [-0.25, -0.2) is 4.99 Å². The Morgan fingerprint density at radius 3 is 2.53 bits per heavy atom. The van der Waals surface area contributed by atoms with E-state index in [-0.39, 0.29) is 12.2 Å². The summed E-state index contributed by atoms with van der Waals surface area (Å²) in [4.78, 5) is 4.92. The van der Waals surface area contributed by atoms with Crippen LogP contribution >= 0.6 is 15.9 Å². The molecule has 0 spiro atoms. The summed E-state index contributed by atoms with van der Waals surface area (Å²) in [6.45, 7) is 2.18.